The minimum atomic E-state index is 0.837. The van der Waals surface area contributed by atoms with E-state index >= 15 is 0 Å². The molecule has 2 aromatic rings. The number of hydrogen-bond acceptors (Lipinski definition) is 3. The zero-order valence-electron chi connectivity index (χ0n) is 9.97. The van der Waals surface area contributed by atoms with Gasteiger partial charge in [0.05, 0.1) is 6.54 Å². The number of para-hydroxylation sites is 1. The Bertz CT molecular complexity index is 546. The second-order valence-electron chi connectivity index (χ2n) is 4.10. The fourth-order valence-corrected chi connectivity index (χ4v) is 1.90. The SMILES string of the molecule is c1ccc(Oc2ccc(C3=NCCN3)cc2)cc1. The van der Waals surface area contributed by atoms with Gasteiger partial charge in [0, 0.05) is 12.1 Å². The predicted molar refractivity (Wildman–Crippen MR) is 72.4 cm³/mol. The van der Waals surface area contributed by atoms with E-state index in [2.05, 4.69) is 10.3 Å². The number of nitrogens with zero attached hydrogens (tertiary/aromatic N) is 1. The van der Waals surface area contributed by atoms with Crippen molar-refractivity contribution in [3.63, 3.8) is 0 Å². The molecule has 0 spiro atoms. The van der Waals surface area contributed by atoms with Crippen molar-refractivity contribution in [3.05, 3.63) is 60.2 Å². The maximum atomic E-state index is 5.74. The molecule has 18 heavy (non-hydrogen) atoms. The molecule has 0 radical (unpaired) electrons. The van der Waals surface area contributed by atoms with Gasteiger partial charge in [-0.25, -0.2) is 0 Å². The van der Waals surface area contributed by atoms with E-state index in [0.29, 0.717) is 0 Å². The molecule has 1 N–H and O–H groups in total. The van der Waals surface area contributed by atoms with Crippen molar-refractivity contribution in [3.8, 4) is 11.5 Å². The number of amidine groups is 1. The topological polar surface area (TPSA) is 33.6 Å². The first-order valence-corrected chi connectivity index (χ1v) is 6.03. The van der Waals surface area contributed by atoms with Gasteiger partial charge in [0.1, 0.15) is 17.3 Å². The van der Waals surface area contributed by atoms with Crippen LogP contribution in [0.4, 0.5) is 0 Å². The van der Waals surface area contributed by atoms with E-state index in [0.717, 1.165) is 36.0 Å². The molecule has 0 amide bonds. The van der Waals surface area contributed by atoms with Gasteiger partial charge in [0.15, 0.2) is 0 Å². The Morgan fingerprint density at radius 1 is 0.889 bits per heavy atom. The highest BCUT2D eigenvalue weighted by molar-refractivity contribution is 5.99. The molecule has 3 rings (SSSR count). The van der Waals surface area contributed by atoms with Gasteiger partial charge in [-0.3, -0.25) is 4.99 Å². The lowest BCUT2D eigenvalue weighted by atomic mass is 10.2. The van der Waals surface area contributed by atoms with Crippen LogP contribution in [0.5, 0.6) is 11.5 Å². The van der Waals surface area contributed by atoms with Crippen molar-refractivity contribution in [2.45, 2.75) is 0 Å². The molecule has 0 saturated heterocycles. The summed E-state index contributed by atoms with van der Waals surface area (Å²) in [6.07, 6.45) is 0. The largest absolute Gasteiger partial charge is 0.457 e. The number of aliphatic imine (C=N–C) groups is 1. The zero-order chi connectivity index (χ0) is 12.2. The summed E-state index contributed by atoms with van der Waals surface area (Å²) < 4.78 is 5.74. The van der Waals surface area contributed by atoms with E-state index < -0.39 is 0 Å². The third-order valence-corrected chi connectivity index (χ3v) is 2.78. The average molecular weight is 238 g/mol. The van der Waals surface area contributed by atoms with E-state index in [9.17, 15) is 0 Å². The molecule has 1 aliphatic heterocycles. The quantitative estimate of drug-likeness (QED) is 0.892. The molecule has 3 nitrogen and oxygen atoms in total. The van der Waals surface area contributed by atoms with Crippen LogP contribution in [0.25, 0.3) is 0 Å². The van der Waals surface area contributed by atoms with Crippen LogP contribution in [0.3, 0.4) is 0 Å². The fourth-order valence-electron chi connectivity index (χ4n) is 1.90. The number of hydrogen-bond donors (Lipinski definition) is 1. The molecule has 1 heterocycles. The van der Waals surface area contributed by atoms with Crippen LogP contribution in [-0.4, -0.2) is 18.9 Å². The summed E-state index contributed by atoms with van der Waals surface area (Å²) in [6.45, 7) is 1.79. The second-order valence-corrected chi connectivity index (χ2v) is 4.10. The third-order valence-electron chi connectivity index (χ3n) is 2.78. The van der Waals surface area contributed by atoms with Gasteiger partial charge < -0.3 is 10.1 Å². The minimum Gasteiger partial charge on any atom is -0.457 e. The highest BCUT2D eigenvalue weighted by Gasteiger charge is 2.07. The number of benzene rings is 2. The second kappa shape index (κ2) is 4.92. The Morgan fingerprint density at radius 2 is 1.61 bits per heavy atom. The summed E-state index contributed by atoms with van der Waals surface area (Å²) in [5.74, 6) is 2.66. The molecule has 90 valence electrons. The Kier molecular flexibility index (Phi) is 2.96. The first kappa shape index (κ1) is 10.8. The predicted octanol–water partition coefficient (Wildman–Crippen LogP) is 2.83. The maximum Gasteiger partial charge on any atom is 0.128 e. The molecule has 0 unspecified atom stereocenters. The van der Waals surface area contributed by atoms with E-state index in [1.165, 1.54) is 0 Å². The Balaban J connectivity index is 1.75. The molecular weight excluding hydrogens is 224 g/mol. The molecule has 0 bridgehead atoms. The lowest BCUT2D eigenvalue weighted by Gasteiger charge is -2.07. The number of ether oxygens (including phenoxy) is 1. The van der Waals surface area contributed by atoms with Crippen molar-refractivity contribution >= 4 is 5.84 Å². The number of rotatable bonds is 3. The van der Waals surface area contributed by atoms with E-state index in [1.54, 1.807) is 0 Å². The smallest absolute Gasteiger partial charge is 0.128 e. The molecule has 3 heteroatoms. The van der Waals surface area contributed by atoms with Crippen molar-refractivity contribution in [1.29, 1.82) is 0 Å². The Labute approximate surface area is 106 Å². The van der Waals surface area contributed by atoms with E-state index in [-0.39, 0.29) is 0 Å². The average Bonchev–Trinajstić information content (AvgIpc) is 2.95. The van der Waals surface area contributed by atoms with Crippen LogP contribution in [0.15, 0.2) is 59.6 Å². The molecule has 0 aliphatic carbocycles. The van der Waals surface area contributed by atoms with Gasteiger partial charge in [0.25, 0.3) is 0 Å². The first-order chi connectivity index (χ1) is 8.92. The molecule has 1 aliphatic rings. The van der Waals surface area contributed by atoms with Crippen LogP contribution in [0, 0.1) is 0 Å². The highest BCUT2D eigenvalue weighted by atomic mass is 16.5. The lowest BCUT2D eigenvalue weighted by molar-refractivity contribution is 0.482. The summed E-state index contributed by atoms with van der Waals surface area (Å²) in [5.41, 5.74) is 1.10. The van der Waals surface area contributed by atoms with Crippen LogP contribution in [0.1, 0.15) is 5.56 Å². The highest BCUT2D eigenvalue weighted by Crippen LogP contribution is 2.21. The van der Waals surface area contributed by atoms with Crippen LogP contribution in [0.2, 0.25) is 0 Å². The van der Waals surface area contributed by atoms with Gasteiger partial charge in [-0.1, -0.05) is 18.2 Å². The normalized spacial score (nSPS) is 13.9. The van der Waals surface area contributed by atoms with Crippen molar-refractivity contribution in [2.24, 2.45) is 4.99 Å². The summed E-state index contributed by atoms with van der Waals surface area (Å²) in [6, 6.07) is 17.7. The zero-order valence-corrected chi connectivity index (χ0v) is 9.97. The van der Waals surface area contributed by atoms with Gasteiger partial charge in [-0.15, -0.1) is 0 Å². The molecular formula is C15H14N2O. The Hall–Kier alpha value is -2.29. The lowest BCUT2D eigenvalue weighted by Crippen LogP contribution is -2.19. The monoisotopic (exact) mass is 238 g/mol. The molecule has 0 aromatic heterocycles. The first-order valence-electron chi connectivity index (χ1n) is 6.03. The van der Waals surface area contributed by atoms with Crippen molar-refractivity contribution in [1.82, 2.24) is 5.32 Å². The minimum absolute atomic E-state index is 0.837. The van der Waals surface area contributed by atoms with Gasteiger partial charge >= 0.3 is 0 Å². The van der Waals surface area contributed by atoms with Crippen molar-refractivity contribution < 1.29 is 4.74 Å². The van der Waals surface area contributed by atoms with Crippen LogP contribution in [-0.2, 0) is 0 Å². The fraction of sp³-hybridized carbons (Fsp3) is 0.133. The molecule has 2 aromatic carbocycles. The standard InChI is InChI=1S/C15H14N2O/c1-2-4-13(5-3-1)18-14-8-6-12(7-9-14)15-16-10-11-17-15/h1-9H,10-11H2,(H,16,17). The van der Waals surface area contributed by atoms with Gasteiger partial charge in [-0.05, 0) is 36.4 Å². The van der Waals surface area contributed by atoms with Crippen LogP contribution >= 0.6 is 0 Å². The van der Waals surface area contributed by atoms with Crippen LogP contribution < -0.4 is 10.1 Å². The summed E-state index contributed by atoms with van der Waals surface area (Å²) in [5, 5.41) is 3.25. The van der Waals surface area contributed by atoms with E-state index in [1.807, 2.05) is 54.6 Å². The summed E-state index contributed by atoms with van der Waals surface area (Å²) >= 11 is 0. The Morgan fingerprint density at radius 3 is 2.28 bits per heavy atom. The van der Waals surface area contributed by atoms with E-state index in [4.69, 9.17) is 4.74 Å². The molecule has 0 atom stereocenters. The summed E-state index contributed by atoms with van der Waals surface area (Å²) in [4.78, 5) is 4.38. The number of nitrogens with one attached hydrogen (secondary N) is 1. The summed E-state index contributed by atoms with van der Waals surface area (Å²) in [7, 11) is 0. The van der Waals surface area contributed by atoms with Gasteiger partial charge in [0.2, 0.25) is 0 Å². The molecule has 0 fully saturated rings. The molecule has 0 saturated carbocycles. The maximum absolute atomic E-state index is 5.74. The van der Waals surface area contributed by atoms with Crippen molar-refractivity contribution in [2.75, 3.05) is 13.1 Å². The van der Waals surface area contributed by atoms with Gasteiger partial charge in [-0.2, -0.15) is 0 Å². The third kappa shape index (κ3) is 2.35.